The van der Waals surface area contributed by atoms with Gasteiger partial charge in [-0.25, -0.2) is 0 Å². The molecule has 2 N–H and O–H groups in total. The summed E-state index contributed by atoms with van der Waals surface area (Å²) >= 11 is 0. The predicted molar refractivity (Wildman–Crippen MR) is 132 cm³/mol. The van der Waals surface area contributed by atoms with E-state index < -0.39 is 11.2 Å². The number of phenolic OH excluding ortho intramolecular Hbond substituents is 1. The summed E-state index contributed by atoms with van der Waals surface area (Å²) in [5.74, 6) is 1.63. The SMILES string of the molecule is CO[C@]1(C(C)(C)C)[C@@H](C(C)(C)O)C[C@]2(C)C3Cc4ccc(O)c5c4[C@@]2(CCN3CC2CC2)[C@H]1O5. The van der Waals surface area contributed by atoms with Gasteiger partial charge in [-0.05, 0) is 80.9 Å². The summed E-state index contributed by atoms with van der Waals surface area (Å²) in [6.45, 7) is 15.3. The van der Waals surface area contributed by atoms with Crippen LogP contribution in [-0.4, -0.2) is 58.7 Å². The Morgan fingerprint density at radius 3 is 2.47 bits per heavy atom. The second-order valence-corrected chi connectivity index (χ2v) is 13.9. The van der Waals surface area contributed by atoms with Gasteiger partial charge in [-0.2, -0.15) is 0 Å². The summed E-state index contributed by atoms with van der Waals surface area (Å²) in [5, 5.41) is 22.7. The van der Waals surface area contributed by atoms with Gasteiger partial charge in [0.25, 0.3) is 0 Å². The number of piperidine rings is 1. The number of phenols is 1. The maximum absolute atomic E-state index is 11.7. The smallest absolute Gasteiger partial charge is 0.165 e. The Morgan fingerprint density at radius 1 is 1.18 bits per heavy atom. The molecular formula is C29H43NO4. The van der Waals surface area contributed by atoms with Crippen molar-refractivity contribution in [3.8, 4) is 11.5 Å². The number of ether oxygens (including phenoxy) is 2. The summed E-state index contributed by atoms with van der Waals surface area (Å²) in [6, 6.07) is 4.36. The van der Waals surface area contributed by atoms with E-state index in [0.29, 0.717) is 11.8 Å². The van der Waals surface area contributed by atoms with Gasteiger partial charge in [0.1, 0.15) is 11.7 Å². The molecule has 0 amide bonds. The molecule has 0 radical (unpaired) electrons. The zero-order valence-corrected chi connectivity index (χ0v) is 22.1. The average molecular weight is 470 g/mol. The lowest BCUT2D eigenvalue weighted by atomic mass is 9.37. The summed E-state index contributed by atoms with van der Waals surface area (Å²) in [5.41, 5.74) is 0.293. The normalized spacial score (nSPS) is 41.2. The van der Waals surface area contributed by atoms with Crippen LogP contribution in [0.3, 0.4) is 0 Å². The van der Waals surface area contributed by atoms with Gasteiger partial charge in [0, 0.05) is 36.6 Å². The van der Waals surface area contributed by atoms with Crippen LogP contribution in [0.5, 0.6) is 11.5 Å². The second kappa shape index (κ2) is 6.72. The van der Waals surface area contributed by atoms with E-state index in [9.17, 15) is 10.2 Å². The molecule has 34 heavy (non-hydrogen) atoms. The molecule has 0 aromatic heterocycles. The van der Waals surface area contributed by atoms with Crippen molar-refractivity contribution in [1.29, 1.82) is 0 Å². The van der Waals surface area contributed by atoms with Crippen molar-refractivity contribution in [2.24, 2.45) is 22.7 Å². The highest BCUT2D eigenvalue weighted by Crippen LogP contribution is 2.74. The minimum atomic E-state index is -0.940. The van der Waals surface area contributed by atoms with Crippen LogP contribution in [0.25, 0.3) is 0 Å². The number of aromatic hydroxyl groups is 1. The number of methoxy groups -OCH3 is 1. The summed E-state index contributed by atoms with van der Waals surface area (Å²) < 4.78 is 13.6. The van der Waals surface area contributed by atoms with Gasteiger partial charge in [-0.3, -0.25) is 4.90 Å². The van der Waals surface area contributed by atoms with Gasteiger partial charge in [-0.15, -0.1) is 0 Å². The third kappa shape index (κ3) is 2.57. The van der Waals surface area contributed by atoms with E-state index in [0.717, 1.165) is 31.7 Å². The molecular weight excluding hydrogens is 426 g/mol. The maximum atomic E-state index is 11.7. The molecule has 3 fully saturated rings. The fraction of sp³-hybridized carbons (Fsp3) is 0.793. The fourth-order valence-corrected chi connectivity index (χ4v) is 9.23. The van der Waals surface area contributed by atoms with Gasteiger partial charge in [0.15, 0.2) is 11.5 Å². The number of likely N-dealkylation sites (tertiary alicyclic amines) is 1. The van der Waals surface area contributed by atoms with Gasteiger partial charge in [0.2, 0.25) is 0 Å². The van der Waals surface area contributed by atoms with E-state index in [-0.39, 0.29) is 34.0 Å². The molecule has 3 aliphatic carbocycles. The van der Waals surface area contributed by atoms with Crippen LogP contribution < -0.4 is 4.74 Å². The van der Waals surface area contributed by atoms with E-state index in [1.54, 1.807) is 7.11 Å². The Morgan fingerprint density at radius 2 is 1.88 bits per heavy atom. The fourth-order valence-electron chi connectivity index (χ4n) is 9.23. The van der Waals surface area contributed by atoms with Gasteiger partial charge >= 0.3 is 0 Å². The topological polar surface area (TPSA) is 62.2 Å². The Balaban J connectivity index is 1.64. The highest BCUT2D eigenvalue weighted by molar-refractivity contribution is 5.62. The van der Waals surface area contributed by atoms with Crippen LogP contribution in [0, 0.1) is 22.7 Å². The largest absolute Gasteiger partial charge is 0.504 e. The number of hydrogen-bond donors (Lipinski definition) is 2. The minimum Gasteiger partial charge on any atom is -0.504 e. The molecule has 5 aliphatic rings. The first-order valence-corrected chi connectivity index (χ1v) is 13.3. The molecule has 1 unspecified atom stereocenters. The molecule has 2 saturated carbocycles. The third-order valence-electron chi connectivity index (χ3n) is 10.8. The van der Waals surface area contributed by atoms with Crippen LogP contribution in [0.15, 0.2) is 12.1 Å². The number of hydrogen-bond acceptors (Lipinski definition) is 5. The highest BCUT2D eigenvalue weighted by atomic mass is 16.6. The van der Waals surface area contributed by atoms with Crippen molar-refractivity contribution >= 4 is 0 Å². The predicted octanol–water partition coefficient (Wildman–Crippen LogP) is 4.66. The van der Waals surface area contributed by atoms with Gasteiger partial charge in [0.05, 0.1) is 5.60 Å². The molecule has 5 nitrogen and oxygen atoms in total. The summed E-state index contributed by atoms with van der Waals surface area (Å²) in [7, 11) is 1.80. The van der Waals surface area contributed by atoms with Crippen LogP contribution in [-0.2, 0) is 16.6 Å². The van der Waals surface area contributed by atoms with E-state index in [1.807, 2.05) is 19.9 Å². The van der Waals surface area contributed by atoms with Gasteiger partial charge < -0.3 is 19.7 Å². The molecule has 1 spiro atoms. The maximum Gasteiger partial charge on any atom is 0.165 e. The van der Waals surface area contributed by atoms with Crippen LogP contribution in [0.1, 0.15) is 78.4 Å². The Bertz CT molecular complexity index is 1020. The minimum absolute atomic E-state index is 0.0885. The summed E-state index contributed by atoms with van der Waals surface area (Å²) in [4.78, 5) is 2.77. The zero-order chi connectivity index (χ0) is 24.5. The molecule has 188 valence electrons. The van der Waals surface area contributed by atoms with Crippen LogP contribution in [0.4, 0.5) is 0 Å². The Hall–Kier alpha value is -1.30. The molecule has 2 heterocycles. The monoisotopic (exact) mass is 469 g/mol. The molecule has 1 saturated heterocycles. The van der Waals surface area contributed by atoms with Crippen molar-refractivity contribution in [3.05, 3.63) is 23.3 Å². The van der Waals surface area contributed by atoms with Gasteiger partial charge in [-0.1, -0.05) is 33.8 Å². The quantitative estimate of drug-likeness (QED) is 0.672. The first-order chi connectivity index (χ1) is 15.8. The molecule has 1 aromatic rings. The molecule has 2 aliphatic heterocycles. The van der Waals surface area contributed by atoms with E-state index in [4.69, 9.17) is 9.47 Å². The van der Waals surface area contributed by atoms with Crippen molar-refractivity contribution in [3.63, 3.8) is 0 Å². The van der Waals surface area contributed by atoms with E-state index in [2.05, 4.69) is 38.7 Å². The third-order valence-corrected chi connectivity index (χ3v) is 10.8. The van der Waals surface area contributed by atoms with Crippen molar-refractivity contribution in [2.75, 3.05) is 20.2 Å². The number of nitrogens with zero attached hydrogens (tertiary/aromatic N) is 1. The van der Waals surface area contributed by atoms with Crippen LogP contribution >= 0.6 is 0 Å². The van der Waals surface area contributed by atoms with E-state index in [1.165, 1.54) is 30.5 Å². The number of aliphatic hydroxyl groups is 1. The zero-order valence-electron chi connectivity index (χ0n) is 22.1. The Kier molecular flexibility index (Phi) is 4.57. The molecule has 6 atom stereocenters. The average Bonchev–Trinajstić information content (AvgIpc) is 3.47. The molecule has 2 bridgehead atoms. The Labute approximate surface area is 204 Å². The number of benzene rings is 1. The standard InChI is InChI=1S/C29H43NO4/c1-25(2,3)29(33-7)20(26(4,5)32)15-27(6)21-14-18-10-11-19(31)23-22(18)28(27,24(29)34-23)12-13-30(21)16-17-8-9-17/h10-11,17,20-21,24,31-32H,8-9,12-16H2,1-7H3/t20-,21?,24-,27-,28+,29-/m1/s1. The van der Waals surface area contributed by atoms with Crippen molar-refractivity contribution in [1.82, 2.24) is 4.90 Å². The van der Waals surface area contributed by atoms with Crippen LogP contribution in [0.2, 0.25) is 0 Å². The highest BCUT2D eigenvalue weighted by Gasteiger charge is 2.79. The molecule has 5 heteroatoms. The lowest BCUT2D eigenvalue weighted by Gasteiger charge is -2.72. The van der Waals surface area contributed by atoms with E-state index >= 15 is 0 Å². The number of rotatable bonds is 4. The lowest BCUT2D eigenvalue weighted by molar-refractivity contribution is -0.292. The molecule has 1 aromatic carbocycles. The summed E-state index contributed by atoms with van der Waals surface area (Å²) in [6.07, 6.45) is 5.30. The van der Waals surface area contributed by atoms with Crippen molar-refractivity contribution < 1.29 is 19.7 Å². The second-order valence-electron chi connectivity index (χ2n) is 13.9. The first kappa shape index (κ1) is 23.1. The first-order valence-electron chi connectivity index (χ1n) is 13.3. The van der Waals surface area contributed by atoms with Crippen molar-refractivity contribution in [2.45, 2.75) is 102 Å². The lowest BCUT2D eigenvalue weighted by Crippen LogP contribution is -2.81. The molecule has 6 rings (SSSR count).